The number of hydrogen-bond acceptors (Lipinski definition) is 6. The molecule has 0 aliphatic carbocycles. The van der Waals surface area contributed by atoms with Gasteiger partial charge in [-0.3, -0.25) is 9.59 Å². The number of amides is 2. The monoisotopic (exact) mass is 476 g/mol. The van der Waals surface area contributed by atoms with Crippen molar-refractivity contribution in [3.05, 3.63) is 90.0 Å². The van der Waals surface area contributed by atoms with Gasteiger partial charge in [0.15, 0.2) is 6.61 Å². The normalized spacial score (nSPS) is 17.7. The number of nitrogens with one attached hydrogen (secondary N) is 1. The summed E-state index contributed by atoms with van der Waals surface area (Å²) in [5, 5.41) is 12.9. The van der Waals surface area contributed by atoms with E-state index in [-0.39, 0.29) is 31.6 Å². The predicted molar refractivity (Wildman–Crippen MR) is 130 cm³/mol. The van der Waals surface area contributed by atoms with Gasteiger partial charge in [-0.05, 0) is 47.5 Å². The van der Waals surface area contributed by atoms with Crippen LogP contribution in [0.4, 0.5) is 5.69 Å². The Kier molecular flexibility index (Phi) is 7.97. The number of ether oxygens (including phenoxy) is 3. The van der Waals surface area contributed by atoms with Gasteiger partial charge in [-0.1, -0.05) is 42.5 Å². The second-order valence-corrected chi connectivity index (χ2v) is 8.12. The number of hydrogen-bond donors (Lipinski definition) is 2. The highest BCUT2D eigenvalue weighted by Crippen LogP contribution is 2.31. The highest BCUT2D eigenvalue weighted by molar-refractivity contribution is 5.91. The number of rotatable bonds is 9. The van der Waals surface area contributed by atoms with Crippen LogP contribution in [0.5, 0.6) is 11.5 Å². The number of aliphatic hydroxyl groups excluding tert-OH is 1. The number of para-hydroxylation sites is 1. The SMILES string of the molecule is COc1ccc(CN2C(=O)CO[C@H](c3ccc(NC(=O)COc4ccccc4)cc3)[C@H]2CO)cc1. The highest BCUT2D eigenvalue weighted by atomic mass is 16.5. The Morgan fingerprint density at radius 1 is 1.03 bits per heavy atom. The lowest BCUT2D eigenvalue weighted by atomic mass is 9.98. The maximum atomic E-state index is 12.6. The number of methoxy groups -OCH3 is 1. The molecular weight excluding hydrogens is 448 g/mol. The summed E-state index contributed by atoms with van der Waals surface area (Å²) >= 11 is 0. The zero-order chi connectivity index (χ0) is 24.6. The second kappa shape index (κ2) is 11.5. The van der Waals surface area contributed by atoms with Crippen LogP contribution in [0.2, 0.25) is 0 Å². The van der Waals surface area contributed by atoms with E-state index < -0.39 is 12.1 Å². The minimum atomic E-state index is -0.543. The molecule has 8 heteroatoms. The molecule has 3 aromatic carbocycles. The quantitative estimate of drug-likeness (QED) is 0.492. The molecule has 0 unspecified atom stereocenters. The van der Waals surface area contributed by atoms with Crippen LogP contribution in [0.1, 0.15) is 17.2 Å². The third-order valence-electron chi connectivity index (χ3n) is 5.79. The number of morpholine rings is 1. The van der Waals surface area contributed by atoms with Crippen LogP contribution in [-0.2, 0) is 20.9 Å². The number of carbonyl (C=O) groups excluding carboxylic acids is 2. The van der Waals surface area contributed by atoms with Crippen LogP contribution in [0, 0.1) is 0 Å². The Balaban J connectivity index is 1.39. The van der Waals surface area contributed by atoms with Gasteiger partial charge in [0.1, 0.15) is 24.2 Å². The van der Waals surface area contributed by atoms with Crippen molar-refractivity contribution < 1.29 is 28.9 Å². The van der Waals surface area contributed by atoms with Gasteiger partial charge >= 0.3 is 0 Å². The molecule has 0 saturated carbocycles. The molecular formula is C27H28N2O6. The smallest absolute Gasteiger partial charge is 0.262 e. The third kappa shape index (κ3) is 6.17. The molecule has 0 radical (unpaired) electrons. The van der Waals surface area contributed by atoms with Crippen LogP contribution >= 0.6 is 0 Å². The van der Waals surface area contributed by atoms with Crippen molar-refractivity contribution in [3.63, 3.8) is 0 Å². The summed E-state index contributed by atoms with van der Waals surface area (Å²) in [7, 11) is 1.60. The van der Waals surface area contributed by atoms with Crippen LogP contribution in [-0.4, -0.2) is 54.8 Å². The molecule has 1 aliphatic heterocycles. The molecule has 0 bridgehead atoms. The van der Waals surface area contributed by atoms with E-state index in [9.17, 15) is 14.7 Å². The Bertz CT molecular complexity index is 1120. The molecule has 182 valence electrons. The van der Waals surface area contributed by atoms with E-state index in [1.54, 1.807) is 36.3 Å². The molecule has 2 atom stereocenters. The lowest BCUT2D eigenvalue weighted by Gasteiger charge is -2.40. The number of aliphatic hydroxyl groups is 1. The van der Waals surface area contributed by atoms with E-state index in [0.29, 0.717) is 18.0 Å². The zero-order valence-electron chi connectivity index (χ0n) is 19.4. The summed E-state index contributed by atoms with van der Waals surface area (Å²) in [6.45, 7) is -0.0789. The summed E-state index contributed by atoms with van der Waals surface area (Å²) in [6, 6.07) is 23.2. The predicted octanol–water partition coefficient (Wildman–Crippen LogP) is 3.17. The zero-order valence-corrected chi connectivity index (χ0v) is 19.4. The van der Waals surface area contributed by atoms with Crippen molar-refractivity contribution in [2.45, 2.75) is 18.7 Å². The fourth-order valence-electron chi connectivity index (χ4n) is 3.97. The average molecular weight is 477 g/mol. The molecule has 0 spiro atoms. The Morgan fingerprint density at radius 2 is 1.74 bits per heavy atom. The van der Waals surface area contributed by atoms with E-state index in [4.69, 9.17) is 14.2 Å². The van der Waals surface area contributed by atoms with Gasteiger partial charge < -0.3 is 29.5 Å². The summed E-state index contributed by atoms with van der Waals surface area (Å²) < 4.78 is 16.5. The minimum absolute atomic E-state index is 0.0768. The Morgan fingerprint density at radius 3 is 2.40 bits per heavy atom. The first-order chi connectivity index (χ1) is 17.1. The van der Waals surface area contributed by atoms with E-state index in [1.165, 1.54) is 0 Å². The van der Waals surface area contributed by atoms with Gasteiger partial charge in [-0.15, -0.1) is 0 Å². The van der Waals surface area contributed by atoms with Crippen molar-refractivity contribution in [1.29, 1.82) is 0 Å². The first kappa shape index (κ1) is 24.3. The summed E-state index contributed by atoms with van der Waals surface area (Å²) in [6.07, 6.45) is -0.498. The van der Waals surface area contributed by atoms with Crippen LogP contribution in [0.25, 0.3) is 0 Å². The molecule has 1 aliphatic rings. The second-order valence-electron chi connectivity index (χ2n) is 8.12. The van der Waals surface area contributed by atoms with Crippen molar-refractivity contribution in [2.24, 2.45) is 0 Å². The number of benzene rings is 3. The fraction of sp³-hybridized carbons (Fsp3) is 0.259. The highest BCUT2D eigenvalue weighted by Gasteiger charge is 2.37. The van der Waals surface area contributed by atoms with Gasteiger partial charge in [0.2, 0.25) is 5.91 Å². The molecule has 8 nitrogen and oxygen atoms in total. The fourth-order valence-corrected chi connectivity index (χ4v) is 3.97. The maximum absolute atomic E-state index is 12.6. The minimum Gasteiger partial charge on any atom is -0.497 e. The summed E-state index contributed by atoms with van der Waals surface area (Å²) in [5.41, 5.74) is 2.33. The van der Waals surface area contributed by atoms with E-state index >= 15 is 0 Å². The van der Waals surface area contributed by atoms with E-state index in [1.807, 2.05) is 54.6 Å². The molecule has 35 heavy (non-hydrogen) atoms. The van der Waals surface area contributed by atoms with Crippen molar-refractivity contribution in [3.8, 4) is 11.5 Å². The maximum Gasteiger partial charge on any atom is 0.262 e. The summed E-state index contributed by atoms with van der Waals surface area (Å²) in [4.78, 5) is 26.5. The number of anilines is 1. The van der Waals surface area contributed by atoms with Crippen LogP contribution in [0.15, 0.2) is 78.9 Å². The topological polar surface area (TPSA) is 97.3 Å². The third-order valence-corrected chi connectivity index (χ3v) is 5.79. The molecule has 4 rings (SSSR count). The average Bonchev–Trinajstić information content (AvgIpc) is 2.90. The lowest BCUT2D eigenvalue weighted by molar-refractivity contribution is -0.162. The summed E-state index contributed by atoms with van der Waals surface area (Å²) in [5.74, 6) is 0.895. The van der Waals surface area contributed by atoms with Gasteiger partial charge in [0.25, 0.3) is 5.91 Å². The molecule has 0 aromatic heterocycles. The van der Waals surface area contributed by atoms with E-state index in [2.05, 4.69) is 5.32 Å². The van der Waals surface area contributed by atoms with Crippen molar-refractivity contribution in [1.82, 2.24) is 4.90 Å². The molecule has 1 saturated heterocycles. The molecule has 3 aromatic rings. The largest absolute Gasteiger partial charge is 0.497 e. The standard InChI is InChI=1S/C27H28N2O6/c1-33-22-13-7-19(8-14-22)15-29-24(16-30)27(35-18-26(29)32)20-9-11-21(12-10-20)28-25(31)17-34-23-5-3-2-4-6-23/h2-14,24,27,30H,15-18H2,1H3,(H,28,31)/t24-,27-/m1/s1. The lowest BCUT2D eigenvalue weighted by Crippen LogP contribution is -2.52. The van der Waals surface area contributed by atoms with Crippen LogP contribution in [0.3, 0.4) is 0 Å². The number of carbonyl (C=O) groups is 2. The van der Waals surface area contributed by atoms with Crippen LogP contribution < -0.4 is 14.8 Å². The van der Waals surface area contributed by atoms with Crippen molar-refractivity contribution in [2.75, 3.05) is 32.2 Å². The van der Waals surface area contributed by atoms with Gasteiger partial charge in [-0.2, -0.15) is 0 Å². The number of nitrogens with zero attached hydrogens (tertiary/aromatic N) is 1. The Hall–Kier alpha value is -3.88. The first-order valence-corrected chi connectivity index (χ1v) is 11.3. The van der Waals surface area contributed by atoms with Gasteiger partial charge in [0, 0.05) is 12.2 Å². The molecule has 2 N–H and O–H groups in total. The van der Waals surface area contributed by atoms with Gasteiger partial charge in [-0.25, -0.2) is 0 Å². The first-order valence-electron chi connectivity index (χ1n) is 11.3. The molecule has 1 heterocycles. The Labute approximate surface area is 204 Å². The van der Waals surface area contributed by atoms with Crippen molar-refractivity contribution >= 4 is 17.5 Å². The van der Waals surface area contributed by atoms with E-state index in [0.717, 1.165) is 16.9 Å². The van der Waals surface area contributed by atoms with Gasteiger partial charge in [0.05, 0.1) is 19.8 Å². The molecule has 1 fully saturated rings. The molecule has 2 amide bonds.